The molecule has 0 aromatic rings. The molecule has 2 fully saturated rings. The number of nitrogens with zero attached hydrogens (tertiary/aromatic N) is 1. The highest BCUT2D eigenvalue weighted by Gasteiger charge is 2.48. The van der Waals surface area contributed by atoms with Crippen molar-refractivity contribution in [3.05, 3.63) is 0 Å². The molecule has 0 aromatic heterocycles. The summed E-state index contributed by atoms with van der Waals surface area (Å²) < 4.78 is 0. The van der Waals surface area contributed by atoms with Gasteiger partial charge in [-0.25, -0.2) is 0 Å². The summed E-state index contributed by atoms with van der Waals surface area (Å²) in [5.74, 6) is 0.162. The normalized spacial score (nSPS) is 36.0. The van der Waals surface area contributed by atoms with Crippen LogP contribution < -0.4 is 0 Å². The predicted molar refractivity (Wildman–Crippen MR) is 39.0 cm³/mol. The molecule has 2 heterocycles. The molecule has 2 saturated heterocycles. The van der Waals surface area contributed by atoms with Crippen molar-refractivity contribution in [3.63, 3.8) is 0 Å². The molecular weight excluding hydrogens is 142 g/mol. The molecule has 0 bridgehead atoms. The number of carbonyl (C=O) groups excluding carboxylic acids is 2. The molecule has 1 unspecified atom stereocenters. The quantitative estimate of drug-likeness (QED) is 0.509. The molecule has 0 saturated carbocycles. The Labute approximate surface area is 65.4 Å². The summed E-state index contributed by atoms with van der Waals surface area (Å²) in [5, 5.41) is 0. The first-order chi connectivity index (χ1) is 5.28. The minimum Gasteiger partial charge on any atom is -0.330 e. The van der Waals surface area contributed by atoms with E-state index in [0.717, 1.165) is 32.1 Å². The lowest BCUT2D eigenvalue weighted by Crippen LogP contribution is -2.41. The van der Waals surface area contributed by atoms with Crippen LogP contribution in [0.4, 0.5) is 0 Å². The van der Waals surface area contributed by atoms with E-state index >= 15 is 0 Å². The molecule has 1 atom stereocenters. The fourth-order valence-electron chi connectivity index (χ4n) is 2.17. The third-order valence-electron chi connectivity index (χ3n) is 2.82. The summed E-state index contributed by atoms with van der Waals surface area (Å²) in [6.45, 7) is 0.789. The lowest BCUT2D eigenvalue weighted by Gasteiger charge is -2.24. The average Bonchev–Trinajstić information content (AvgIpc) is 2.53. The summed E-state index contributed by atoms with van der Waals surface area (Å²) in [4.78, 5) is 23.7. The highest BCUT2D eigenvalue weighted by molar-refractivity contribution is 5.86. The first-order valence-electron chi connectivity index (χ1n) is 4.05. The van der Waals surface area contributed by atoms with Crippen molar-refractivity contribution in [1.82, 2.24) is 4.90 Å². The number of aldehydes is 1. The zero-order chi connectivity index (χ0) is 7.90. The van der Waals surface area contributed by atoms with Crippen molar-refractivity contribution in [2.75, 3.05) is 6.54 Å². The second-order valence-electron chi connectivity index (χ2n) is 3.37. The van der Waals surface area contributed by atoms with E-state index in [1.165, 1.54) is 0 Å². The van der Waals surface area contributed by atoms with Crippen LogP contribution in [0.15, 0.2) is 0 Å². The smallest absolute Gasteiger partial charge is 0.223 e. The maximum absolute atomic E-state index is 11.2. The summed E-state index contributed by atoms with van der Waals surface area (Å²) in [7, 11) is 0. The number of hydrogen-bond acceptors (Lipinski definition) is 2. The van der Waals surface area contributed by atoms with E-state index in [9.17, 15) is 9.59 Å². The fourth-order valence-corrected chi connectivity index (χ4v) is 2.17. The SMILES string of the molecule is O=CC12CCCN1C(=O)CC2. The minimum atomic E-state index is -0.378. The van der Waals surface area contributed by atoms with Crippen LogP contribution in [-0.2, 0) is 9.59 Å². The van der Waals surface area contributed by atoms with Crippen molar-refractivity contribution < 1.29 is 9.59 Å². The molecule has 0 N–H and O–H groups in total. The van der Waals surface area contributed by atoms with Gasteiger partial charge in [0.25, 0.3) is 0 Å². The average molecular weight is 153 g/mol. The van der Waals surface area contributed by atoms with E-state index in [1.807, 2.05) is 0 Å². The van der Waals surface area contributed by atoms with Crippen LogP contribution in [0, 0.1) is 0 Å². The number of amides is 1. The highest BCUT2D eigenvalue weighted by Crippen LogP contribution is 2.37. The number of fused-ring (bicyclic) bond motifs is 1. The van der Waals surface area contributed by atoms with Gasteiger partial charge >= 0.3 is 0 Å². The fraction of sp³-hybridized carbons (Fsp3) is 0.750. The van der Waals surface area contributed by atoms with Gasteiger partial charge in [-0.15, -0.1) is 0 Å². The second kappa shape index (κ2) is 2.06. The Morgan fingerprint density at radius 3 is 2.91 bits per heavy atom. The molecule has 2 aliphatic heterocycles. The van der Waals surface area contributed by atoms with Crippen LogP contribution in [0.5, 0.6) is 0 Å². The lowest BCUT2D eigenvalue weighted by molar-refractivity contribution is -0.132. The van der Waals surface area contributed by atoms with Crippen LogP contribution in [0.1, 0.15) is 25.7 Å². The molecule has 2 rings (SSSR count). The number of rotatable bonds is 1. The lowest BCUT2D eigenvalue weighted by atomic mass is 9.96. The maximum Gasteiger partial charge on any atom is 0.223 e. The third-order valence-corrected chi connectivity index (χ3v) is 2.82. The van der Waals surface area contributed by atoms with Gasteiger partial charge in [0.05, 0.1) is 5.54 Å². The van der Waals surface area contributed by atoms with Crippen molar-refractivity contribution in [2.45, 2.75) is 31.2 Å². The van der Waals surface area contributed by atoms with Crippen molar-refractivity contribution >= 4 is 12.2 Å². The molecule has 3 nitrogen and oxygen atoms in total. The summed E-state index contributed by atoms with van der Waals surface area (Å²) >= 11 is 0. The first-order valence-corrected chi connectivity index (χ1v) is 4.05. The zero-order valence-corrected chi connectivity index (χ0v) is 6.38. The molecule has 60 valence electrons. The van der Waals surface area contributed by atoms with Gasteiger partial charge in [-0.2, -0.15) is 0 Å². The number of hydrogen-bond donors (Lipinski definition) is 0. The molecule has 0 spiro atoms. The second-order valence-corrected chi connectivity index (χ2v) is 3.37. The van der Waals surface area contributed by atoms with Crippen LogP contribution in [-0.4, -0.2) is 29.2 Å². The monoisotopic (exact) mass is 153 g/mol. The zero-order valence-electron chi connectivity index (χ0n) is 6.38. The van der Waals surface area contributed by atoms with Crippen LogP contribution in [0.25, 0.3) is 0 Å². The van der Waals surface area contributed by atoms with Gasteiger partial charge in [0.1, 0.15) is 6.29 Å². The standard InChI is InChI=1S/C8H11NO2/c10-6-8-3-1-5-9(8)7(11)2-4-8/h6H,1-5H2. The van der Waals surface area contributed by atoms with Crippen LogP contribution in [0.2, 0.25) is 0 Å². The van der Waals surface area contributed by atoms with Crippen molar-refractivity contribution in [1.29, 1.82) is 0 Å². The Balaban J connectivity index is 2.32. The van der Waals surface area contributed by atoms with Gasteiger partial charge in [0.2, 0.25) is 5.91 Å². The van der Waals surface area contributed by atoms with Crippen LogP contribution in [0.3, 0.4) is 0 Å². The van der Waals surface area contributed by atoms with E-state index < -0.39 is 0 Å². The Bertz CT molecular complexity index is 214. The number of carbonyl (C=O) groups is 2. The topological polar surface area (TPSA) is 37.4 Å². The largest absolute Gasteiger partial charge is 0.330 e. The molecule has 0 radical (unpaired) electrons. The summed E-state index contributed by atoms with van der Waals surface area (Å²) in [6.07, 6.45) is 4.14. The Morgan fingerprint density at radius 1 is 1.45 bits per heavy atom. The van der Waals surface area contributed by atoms with E-state index in [-0.39, 0.29) is 11.4 Å². The maximum atomic E-state index is 11.2. The first kappa shape index (κ1) is 6.83. The Hall–Kier alpha value is -0.860. The van der Waals surface area contributed by atoms with Crippen molar-refractivity contribution in [2.24, 2.45) is 0 Å². The molecular formula is C8H11NO2. The van der Waals surface area contributed by atoms with Gasteiger partial charge in [-0.1, -0.05) is 0 Å². The van der Waals surface area contributed by atoms with E-state index in [4.69, 9.17) is 0 Å². The molecule has 0 aliphatic carbocycles. The van der Waals surface area contributed by atoms with Gasteiger partial charge in [0, 0.05) is 13.0 Å². The minimum absolute atomic E-state index is 0.162. The Morgan fingerprint density at radius 2 is 2.27 bits per heavy atom. The molecule has 11 heavy (non-hydrogen) atoms. The molecule has 1 amide bonds. The van der Waals surface area contributed by atoms with Gasteiger partial charge in [-0.05, 0) is 19.3 Å². The third kappa shape index (κ3) is 0.737. The Kier molecular flexibility index (Phi) is 1.28. The molecule has 2 aliphatic rings. The van der Waals surface area contributed by atoms with Gasteiger partial charge in [0.15, 0.2) is 0 Å². The highest BCUT2D eigenvalue weighted by atomic mass is 16.2. The van der Waals surface area contributed by atoms with Crippen LogP contribution >= 0.6 is 0 Å². The predicted octanol–water partition coefficient (Wildman–Crippen LogP) is 0.340. The van der Waals surface area contributed by atoms with E-state index in [0.29, 0.717) is 6.42 Å². The molecule has 0 aromatic carbocycles. The van der Waals surface area contributed by atoms with E-state index in [2.05, 4.69) is 0 Å². The van der Waals surface area contributed by atoms with Gasteiger partial charge in [-0.3, -0.25) is 4.79 Å². The van der Waals surface area contributed by atoms with Gasteiger partial charge < -0.3 is 9.69 Å². The van der Waals surface area contributed by atoms with E-state index in [1.54, 1.807) is 4.90 Å². The van der Waals surface area contributed by atoms with Crippen molar-refractivity contribution in [3.8, 4) is 0 Å². The summed E-state index contributed by atoms with van der Waals surface area (Å²) in [6, 6.07) is 0. The molecule has 3 heteroatoms. The summed E-state index contributed by atoms with van der Waals surface area (Å²) in [5.41, 5.74) is -0.378.